The van der Waals surface area contributed by atoms with Gasteiger partial charge in [0.05, 0.1) is 10.0 Å². The van der Waals surface area contributed by atoms with Crippen LogP contribution >= 0.6 is 23.2 Å². The minimum Gasteiger partial charge on any atom is -0.398 e. The van der Waals surface area contributed by atoms with E-state index in [4.69, 9.17) is 39.7 Å². The molecule has 26 heavy (non-hydrogen) atoms. The van der Waals surface area contributed by atoms with Gasteiger partial charge in [0.25, 0.3) is 0 Å². The van der Waals surface area contributed by atoms with Crippen molar-refractivity contribution in [2.24, 2.45) is 0 Å². The van der Waals surface area contributed by atoms with Gasteiger partial charge in [-0.05, 0) is 43.2 Å². The lowest BCUT2D eigenvalue weighted by molar-refractivity contribution is -0.538. The molecule has 4 N–H and O–H groups in total. The Morgan fingerprint density at radius 3 is 1.81 bits per heavy atom. The van der Waals surface area contributed by atoms with E-state index in [-0.39, 0.29) is 0 Å². The molecule has 0 saturated heterocycles. The maximum atomic E-state index is 6.27. The van der Waals surface area contributed by atoms with Gasteiger partial charge < -0.3 is 11.5 Å². The molecule has 0 fully saturated rings. The zero-order chi connectivity index (χ0) is 18.6. The molecular formula is C20H17Cl2N4+. The van der Waals surface area contributed by atoms with Crippen LogP contribution in [0.2, 0.25) is 10.0 Å². The van der Waals surface area contributed by atoms with Crippen LogP contribution in [0.4, 0.5) is 11.4 Å². The average Bonchev–Trinajstić information content (AvgIpc) is 2.59. The predicted octanol–water partition coefficient (Wildman–Crippen LogP) is 4.75. The van der Waals surface area contributed by atoms with Crippen molar-refractivity contribution in [2.75, 3.05) is 11.5 Å². The number of aromatic nitrogens is 2. The van der Waals surface area contributed by atoms with Crippen molar-refractivity contribution < 1.29 is 4.57 Å². The Morgan fingerprint density at radius 2 is 1.31 bits per heavy atom. The van der Waals surface area contributed by atoms with Crippen molar-refractivity contribution in [1.82, 2.24) is 4.98 Å². The molecule has 4 rings (SSSR count). The highest BCUT2D eigenvalue weighted by molar-refractivity contribution is 6.42. The molecule has 0 atom stereocenters. The Bertz CT molecular complexity index is 1140. The summed E-state index contributed by atoms with van der Waals surface area (Å²) in [6, 6.07) is 13.4. The molecule has 4 aromatic rings. The first-order valence-electron chi connectivity index (χ1n) is 8.12. The topological polar surface area (TPSA) is 68.8 Å². The van der Waals surface area contributed by atoms with Gasteiger partial charge in [-0.2, -0.15) is 0 Å². The van der Waals surface area contributed by atoms with Crippen molar-refractivity contribution >= 4 is 56.6 Å². The monoisotopic (exact) mass is 383 g/mol. The zero-order valence-corrected chi connectivity index (χ0v) is 15.9. The van der Waals surface area contributed by atoms with E-state index < -0.39 is 0 Å². The van der Waals surface area contributed by atoms with Crippen LogP contribution < -0.4 is 16.0 Å². The molecule has 0 aliphatic rings. The van der Waals surface area contributed by atoms with Crippen LogP contribution in [0.3, 0.4) is 0 Å². The molecular weight excluding hydrogens is 367 g/mol. The number of anilines is 2. The number of nitrogen functional groups attached to an aromatic ring is 2. The van der Waals surface area contributed by atoms with Gasteiger partial charge in [-0.15, -0.1) is 4.57 Å². The van der Waals surface area contributed by atoms with Gasteiger partial charge in [0.15, 0.2) is 0 Å². The lowest BCUT2D eigenvalue weighted by atomic mass is 10.1. The third-order valence-electron chi connectivity index (χ3n) is 4.61. The van der Waals surface area contributed by atoms with Gasteiger partial charge in [-0.3, -0.25) is 0 Å². The Morgan fingerprint density at radius 1 is 0.769 bits per heavy atom. The number of hydrogen-bond acceptors (Lipinski definition) is 3. The molecule has 3 aromatic carbocycles. The number of nitrogens with zero attached hydrogens (tertiary/aromatic N) is 2. The second-order valence-electron chi connectivity index (χ2n) is 6.44. The van der Waals surface area contributed by atoms with Crippen LogP contribution in [0.15, 0.2) is 42.5 Å². The highest BCUT2D eigenvalue weighted by atomic mass is 35.5. The van der Waals surface area contributed by atoms with E-state index in [0.717, 1.165) is 38.9 Å². The summed E-state index contributed by atoms with van der Waals surface area (Å²) < 4.78 is 2.06. The molecule has 0 amide bonds. The number of fused-ring (bicyclic) bond motifs is 2. The number of nitrogens with two attached hydrogens (primary N) is 2. The average molecular weight is 384 g/mol. The van der Waals surface area contributed by atoms with Gasteiger partial charge in [-0.1, -0.05) is 23.2 Å². The molecule has 0 radical (unpaired) electrons. The highest BCUT2D eigenvalue weighted by Crippen LogP contribution is 2.27. The smallest absolute Gasteiger partial charge is 0.239 e. The van der Waals surface area contributed by atoms with Crippen LogP contribution in [0.25, 0.3) is 27.8 Å². The normalized spacial score (nSPS) is 11.4. The van der Waals surface area contributed by atoms with Crippen LogP contribution in [0.1, 0.15) is 11.1 Å². The zero-order valence-electron chi connectivity index (χ0n) is 14.3. The van der Waals surface area contributed by atoms with Crippen molar-refractivity contribution in [2.45, 2.75) is 13.8 Å². The first-order valence-corrected chi connectivity index (χ1v) is 8.88. The Hall–Kier alpha value is -2.56. The van der Waals surface area contributed by atoms with Crippen molar-refractivity contribution in [3.8, 4) is 5.69 Å². The van der Waals surface area contributed by atoms with E-state index >= 15 is 0 Å². The number of aryl methyl sites for hydroxylation is 2. The third-order valence-corrected chi connectivity index (χ3v) is 5.35. The summed E-state index contributed by atoms with van der Waals surface area (Å²) in [5.41, 5.74) is 20.0. The summed E-state index contributed by atoms with van der Waals surface area (Å²) >= 11 is 12.4. The van der Waals surface area contributed by atoms with Gasteiger partial charge in [0.1, 0.15) is 11.0 Å². The maximum absolute atomic E-state index is 6.27. The van der Waals surface area contributed by atoms with E-state index in [2.05, 4.69) is 4.57 Å². The maximum Gasteiger partial charge on any atom is 0.239 e. The molecule has 0 spiro atoms. The number of halogens is 2. The molecule has 1 heterocycles. The van der Waals surface area contributed by atoms with Gasteiger partial charge >= 0.3 is 0 Å². The molecule has 0 saturated carbocycles. The lowest BCUT2D eigenvalue weighted by Crippen LogP contribution is -2.33. The predicted molar refractivity (Wildman–Crippen MR) is 109 cm³/mol. The van der Waals surface area contributed by atoms with Crippen LogP contribution in [-0.4, -0.2) is 4.98 Å². The third kappa shape index (κ3) is 2.62. The minimum atomic E-state index is 0.481. The van der Waals surface area contributed by atoms with E-state index in [0.29, 0.717) is 21.4 Å². The molecule has 0 aliphatic heterocycles. The summed E-state index contributed by atoms with van der Waals surface area (Å²) in [5, 5.41) is 0.986. The number of hydrogen-bond donors (Lipinski definition) is 2. The quantitative estimate of drug-likeness (QED) is 0.283. The van der Waals surface area contributed by atoms with Crippen LogP contribution in [-0.2, 0) is 0 Å². The summed E-state index contributed by atoms with van der Waals surface area (Å²) in [6.45, 7) is 3.94. The number of rotatable bonds is 1. The molecule has 0 bridgehead atoms. The van der Waals surface area contributed by atoms with Crippen molar-refractivity contribution in [3.63, 3.8) is 0 Å². The second-order valence-corrected chi connectivity index (χ2v) is 7.26. The molecule has 0 unspecified atom stereocenters. The first kappa shape index (κ1) is 16.9. The SMILES string of the molecule is Cc1cc2nc3cc(C)c(N)cc3[n+](-c3ccc(Cl)c(Cl)c3)c2cc1N. The van der Waals surface area contributed by atoms with E-state index in [1.54, 1.807) is 6.07 Å². The molecule has 6 heteroatoms. The Labute approximate surface area is 161 Å². The van der Waals surface area contributed by atoms with Crippen molar-refractivity contribution in [3.05, 3.63) is 63.6 Å². The van der Waals surface area contributed by atoms with E-state index in [1.165, 1.54) is 0 Å². The molecule has 4 nitrogen and oxygen atoms in total. The van der Waals surface area contributed by atoms with Gasteiger partial charge in [0, 0.05) is 35.6 Å². The Kier molecular flexibility index (Phi) is 3.90. The first-order chi connectivity index (χ1) is 12.3. The fourth-order valence-corrected chi connectivity index (χ4v) is 3.39. The van der Waals surface area contributed by atoms with Gasteiger partial charge in [-0.25, -0.2) is 4.98 Å². The fourth-order valence-electron chi connectivity index (χ4n) is 3.09. The summed E-state index contributed by atoms with van der Waals surface area (Å²) in [7, 11) is 0. The Balaban J connectivity index is 2.22. The standard InChI is InChI=1S/C20H16Cl2N4/c1-10-5-17-19(8-15(10)23)26(12-3-4-13(21)14(22)7-12)20-9-16(24)11(2)6-18(20)25-17/h3-9H,1-2H3,(H3,23,24)/p+1. The minimum absolute atomic E-state index is 0.481. The molecule has 1 aromatic heterocycles. The van der Waals surface area contributed by atoms with E-state index in [1.807, 2.05) is 50.2 Å². The largest absolute Gasteiger partial charge is 0.398 e. The second kappa shape index (κ2) is 6.01. The van der Waals surface area contributed by atoms with E-state index in [9.17, 15) is 0 Å². The highest BCUT2D eigenvalue weighted by Gasteiger charge is 2.22. The van der Waals surface area contributed by atoms with Crippen molar-refractivity contribution in [1.29, 1.82) is 0 Å². The molecule has 0 aliphatic carbocycles. The summed E-state index contributed by atoms with van der Waals surface area (Å²) in [5.74, 6) is 0. The molecule has 130 valence electrons. The lowest BCUT2D eigenvalue weighted by Gasteiger charge is -2.09. The fraction of sp³-hybridized carbons (Fsp3) is 0.100. The summed E-state index contributed by atoms with van der Waals surface area (Å²) in [4.78, 5) is 4.82. The van der Waals surface area contributed by atoms with Crippen LogP contribution in [0.5, 0.6) is 0 Å². The van der Waals surface area contributed by atoms with Crippen LogP contribution in [0, 0.1) is 13.8 Å². The summed E-state index contributed by atoms with van der Waals surface area (Å²) in [6.07, 6.45) is 0. The number of benzene rings is 3. The van der Waals surface area contributed by atoms with Gasteiger partial charge in [0.2, 0.25) is 16.7 Å².